The predicted octanol–water partition coefficient (Wildman–Crippen LogP) is 2.71. The van der Waals surface area contributed by atoms with Crippen LogP contribution in [-0.4, -0.2) is 24.0 Å². The van der Waals surface area contributed by atoms with Gasteiger partial charge in [0.2, 0.25) is 0 Å². The molecule has 1 unspecified atom stereocenters. The topological polar surface area (TPSA) is 55.8 Å². The molecule has 0 saturated carbocycles. The molecule has 0 spiro atoms. The van der Waals surface area contributed by atoms with Crippen molar-refractivity contribution in [3.63, 3.8) is 0 Å². The highest BCUT2D eigenvalue weighted by Crippen LogP contribution is 2.20. The van der Waals surface area contributed by atoms with Crippen LogP contribution in [0.3, 0.4) is 0 Å². The summed E-state index contributed by atoms with van der Waals surface area (Å²) >= 11 is 0. The first-order chi connectivity index (χ1) is 7.63. The van der Waals surface area contributed by atoms with Crippen LogP contribution < -0.4 is 4.74 Å². The lowest BCUT2D eigenvalue weighted by Crippen LogP contribution is -2.13. The fourth-order valence-electron chi connectivity index (χ4n) is 1.52. The number of hydrogen-bond donors (Lipinski definition) is 1. The first kappa shape index (κ1) is 12.5. The van der Waals surface area contributed by atoms with E-state index in [1.165, 1.54) is 0 Å². The van der Waals surface area contributed by atoms with Gasteiger partial charge in [0, 0.05) is 13.0 Å². The Kier molecular flexibility index (Phi) is 4.79. The number of para-hydroxylation sites is 1. The molecule has 0 aliphatic carbocycles. The number of rotatable bonds is 5. The standard InChI is InChI=1S/C12H16O4/c1-3-15-9(2)8-10-6-4-5-7-11(10)16-12(13)14/h4-7,9H,3,8H2,1-2H3,(H,13,14). The molecule has 0 aliphatic rings. The summed E-state index contributed by atoms with van der Waals surface area (Å²) < 4.78 is 10.1. The minimum atomic E-state index is -1.29. The zero-order valence-corrected chi connectivity index (χ0v) is 9.47. The Balaban J connectivity index is 2.74. The maximum absolute atomic E-state index is 10.5. The largest absolute Gasteiger partial charge is 0.511 e. The summed E-state index contributed by atoms with van der Waals surface area (Å²) in [6, 6.07) is 7.08. The van der Waals surface area contributed by atoms with Gasteiger partial charge in [-0.05, 0) is 25.5 Å². The molecule has 1 atom stereocenters. The summed E-state index contributed by atoms with van der Waals surface area (Å²) in [5, 5.41) is 8.58. The Morgan fingerprint density at radius 3 is 2.75 bits per heavy atom. The summed E-state index contributed by atoms with van der Waals surface area (Å²) in [6.07, 6.45) is -0.614. The normalized spacial score (nSPS) is 12.1. The van der Waals surface area contributed by atoms with Crippen molar-refractivity contribution in [1.82, 2.24) is 0 Å². The molecule has 88 valence electrons. The fraction of sp³-hybridized carbons (Fsp3) is 0.417. The van der Waals surface area contributed by atoms with Gasteiger partial charge in [0.05, 0.1) is 6.10 Å². The third kappa shape index (κ3) is 3.90. The molecule has 0 bridgehead atoms. The Morgan fingerprint density at radius 1 is 1.44 bits per heavy atom. The zero-order chi connectivity index (χ0) is 12.0. The summed E-state index contributed by atoms with van der Waals surface area (Å²) in [7, 11) is 0. The lowest BCUT2D eigenvalue weighted by molar-refractivity contribution is 0.0760. The highest BCUT2D eigenvalue weighted by Gasteiger charge is 2.10. The van der Waals surface area contributed by atoms with Crippen molar-refractivity contribution in [2.75, 3.05) is 6.61 Å². The van der Waals surface area contributed by atoms with Gasteiger partial charge in [0.25, 0.3) is 0 Å². The highest BCUT2D eigenvalue weighted by molar-refractivity contribution is 5.62. The van der Waals surface area contributed by atoms with Crippen LogP contribution in [0.1, 0.15) is 19.4 Å². The molecule has 1 aromatic carbocycles. The van der Waals surface area contributed by atoms with E-state index in [4.69, 9.17) is 9.84 Å². The van der Waals surface area contributed by atoms with Crippen LogP contribution in [0.25, 0.3) is 0 Å². The third-order valence-electron chi connectivity index (χ3n) is 2.13. The molecule has 0 saturated heterocycles. The van der Waals surface area contributed by atoms with Crippen LogP contribution in [-0.2, 0) is 11.2 Å². The first-order valence-corrected chi connectivity index (χ1v) is 5.23. The Labute approximate surface area is 94.8 Å². The second-order valence-electron chi connectivity index (χ2n) is 3.45. The van der Waals surface area contributed by atoms with Crippen LogP contribution >= 0.6 is 0 Å². The lowest BCUT2D eigenvalue weighted by Gasteiger charge is -2.13. The average molecular weight is 224 g/mol. The van der Waals surface area contributed by atoms with E-state index < -0.39 is 6.16 Å². The van der Waals surface area contributed by atoms with Gasteiger partial charge in [0.15, 0.2) is 0 Å². The van der Waals surface area contributed by atoms with Crippen LogP contribution in [0.5, 0.6) is 5.75 Å². The average Bonchev–Trinajstić information content (AvgIpc) is 2.20. The molecule has 1 aromatic rings. The van der Waals surface area contributed by atoms with Crippen LogP contribution in [0.4, 0.5) is 4.79 Å². The van der Waals surface area contributed by atoms with E-state index in [0.29, 0.717) is 18.8 Å². The van der Waals surface area contributed by atoms with Gasteiger partial charge in [-0.3, -0.25) is 0 Å². The summed E-state index contributed by atoms with van der Waals surface area (Å²) in [6.45, 7) is 4.51. The molecule has 16 heavy (non-hydrogen) atoms. The molecular weight excluding hydrogens is 208 g/mol. The number of ether oxygens (including phenoxy) is 2. The molecule has 0 aromatic heterocycles. The summed E-state index contributed by atoms with van der Waals surface area (Å²) in [4.78, 5) is 10.5. The van der Waals surface area contributed by atoms with Crippen molar-refractivity contribution in [1.29, 1.82) is 0 Å². The number of carboxylic acid groups (broad SMARTS) is 1. The van der Waals surface area contributed by atoms with E-state index in [-0.39, 0.29) is 6.10 Å². The minimum Gasteiger partial charge on any atom is -0.449 e. The van der Waals surface area contributed by atoms with Crippen molar-refractivity contribution in [3.05, 3.63) is 29.8 Å². The Bertz CT molecular complexity index is 349. The molecule has 1 rings (SSSR count). The van der Waals surface area contributed by atoms with E-state index in [9.17, 15) is 4.79 Å². The lowest BCUT2D eigenvalue weighted by atomic mass is 10.1. The van der Waals surface area contributed by atoms with Gasteiger partial charge < -0.3 is 14.6 Å². The van der Waals surface area contributed by atoms with Crippen molar-refractivity contribution in [3.8, 4) is 5.75 Å². The molecule has 1 N–H and O–H groups in total. The fourth-order valence-corrected chi connectivity index (χ4v) is 1.52. The van der Waals surface area contributed by atoms with Gasteiger partial charge in [-0.2, -0.15) is 0 Å². The highest BCUT2D eigenvalue weighted by atomic mass is 16.7. The van der Waals surface area contributed by atoms with E-state index in [1.807, 2.05) is 26.0 Å². The Hall–Kier alpha value is -1.55. The van der Waals surface area contributed by atoms with E-state index >= 15 is 0 Å². The minimum absolute atomic E-state index is 0.0449. The molecule has 4 heteroatoms. The van der Waals surface area contributed by atoms with E-state index in [1.54, 1.807) is 12.1 Å². The van der Waals surface area contributed by atoms with Crippen LogP contribution in [0.2, 0.25) is 0 Å². The quantitative estimate of drug-likeness (QED) is 0.617. The second-order valence-corrected chi connectivity index (χ2v) is 3.45. The molecule has 0 heterocycles. The third-order valence-corrected chi connectivity index (χ3v) is 2.13. The molecule has 0 radical (unpaired) electrons. The monoisotopic (exact) mass is 224 g/mol. The van der Waals surface area contributed by atoms with Gasteiger partial charge in [-0.15, -0.1) is 0 Å². The van der Waals surface area contributed by atoms with Gasteiger partial charge in [0.1, 0.15) is 5.75 Å². The summed E-state index contributed by atoms with van der Waals surface area (Å²) in [5.74, 6) is 0.376. The molecule has 0 aliphatic heterocycles. The van der Waals surface area contributed by atoms with Crippen molar-refractivity contribution in [2.24, 2.45) is 0 Å². The van der Waals surface area contributed by atoms with Crippen molar-refractivity contribution in [2.45, 2.75) is 26.4 Å². The predicted molar refractivity (Wildman–Crippen MR) is 59.9 cm³/mol. The van der Waals surface area contributed by atoms with Crippen molar-refractivity contribution < 1.29 is 19.4 Å². The van der Waals surface area contributed by atoms with Gasteiger partial charge in [-0.25, -0.2) is 4.79 Å². The van der Waals surface area contributed by atoms with E-state index in [0.717, 1.165) is 5.56 Å². The second kappa shape index (κ2) is 6.12. The maximum atomic E-state index is 10.5. The molecular formula is C12H16O4. The smallest absolute Gasteiger partial charge is 0.449 e. The molecule has 4 nitrogen and oxygen atoms in total. The number of carbonyl (C=O) groups is 1. The maximum Gasteiger partial charge on any atom is 0.511 e. The Morgan fingerprint density at radius 2 is 2.12 bits per heavy atom. The van der Waals surface area contributed by atoms with Crippen LogP contribution in [0.15, 0.2) is 24.3 Å². The zero-order valence-electron chi connectivity index (χ0n) is 9.47. The number of hydrogen-bond acceptors (Lipinski definition) is 3. The molecule has 0 amide bonds. The van der Waals surface area contributed by atoms with Crippen molar-refractivity contribution >= 4 is 6.16 Å². The van der Waals surface area contributed by atoms with Gasteiger partial charge >= 0.3 is 6.16 Å². The molecule has 0 fully saturated rings. The van der Waals surface area contributed by atoms with Gasteiger partial charge in [-0.1, -0.05) is 18.2 Å². The summed E-state index contributed by atoms with van der Waals surface area (Å²) in [5.41, 5.74) is 0.839. The first-order valence-electron chi connectivity index (χ1n) is 5.23. The SMILES string of the molecule is CCOC(C)Cc1ccccc1OC(=O)O. The number of benzene rings is 1. The van der Waals surface area contributed by atoms with Crippen LogP contribution in [0, 0.1) is 0 Å². The van der Waals surface area contributed by atoms with E-state index in [2.05, 4.69) is 4.74 Å².